The van der Waals surface area contributed by atoms with Gasteiger partial charge in [0.1, 0.15) is 11.5 Å². The number of nitrogens with zero attached hydrogens (tertiary/aromatic N) is 2. The summed E-state index contributed by atoms with van der Waals surface area (Å²) in [6.45, 7) is 1.75. The summed E-state index contributed by atoms with van der Waals surface area (Å²) in [5.41, 5.74) is 1.07. The first-order valence-corrected chi connectivity index (χ1v) is 9.54. The second-order valence-corrected chi connectivity index (χ2v) is 7.47. The molecule has 3 aromatic rings. The van der Waals surface area contributed by atoms with Gasteiger partial charge in [-0.05, 0) is 42.8 Å². The number of rotatable bonds is 5. The highest BCUT2D eigenvalue weighted by atomic mass is 32.2. The van der Waals surface area contributed by atoms with Crippen molar-refractivity contribution in [3.8, 4) is 5.69 Å². The summed E-state index contributed by atoms with van der Waals surface area (Å²) in [5.74, 6) is -0.885. The number of amides is 1. The molecule has 1 atom stereocenters. The van der Waals surface area contributed by atoms with E-state index in [9.17, 15) is 17.6 Å². The van der Waals surface area contributed by atoms with Crippen molar-refractivity contribution in [3.63, 3.8) is 0 Å². The number of halogens is 1. The molecule has 7 nitrogen and oxygen atoms in total. The van der Waals surface area contributed by atoms with Crippen molar-refractivity contribution >= 4 is 15.9 Å². The van der Waals surface area contributed by atoms with Crippen LogP contribution in [0, 0.1) is 5.82 Å². The minimum absolute atomic E-state index is 0.00610. The molecule has 3 rings (SSSR count). The standard InChI is InChI=1S/C18H17FN4O3S/c1-12(13-6-8-14(9-7-13)27(20,25)26)21-18(24)16-10-11-23(22-16)17-5-3-2-4-15(17)19/h2-12H,1H3,(H,21,24)(H2,20,25,26). The number of benzene rings is 2. The number of primary sulfonamides is 1. The Morgan fingerprint density at radius 3 is 2.44 bits per heavy atom. The van der Waals surface area contributed by atoms with Crippen LogP contribution in [0.5, 0.6) is 0 Å². The van der Waals surface area contributed by atoms with Crippen LogP contribution in [0.15, 0.2) is 65.7 Å². The van der Waals surface area contributed by atoms with Crippen molar-refractivity contribution in [1.29, 1.82) is 0 Å². The molecule has 1 unspecified atom stereocenters. The van der Waals surface area contributed by atoms with E-state index >= 15 is 0 Å². The molecule has 0 saturated carbocycles. The molecule has 0 saturated heterocycles. The van der Waals surface area contributed by atoms with Gasteiger partial charge in [0.25, 0.3) is 5.91 Å². The maximum Gasteiger partial charge on any atom is 0.272 e. The van der Waals surface area contributed by atoms with Crippen LogP contribution < -0.4 is 10.5 Å². The predicted molar refractivity (Wildman–Crippen MR) is 97.2 cm³/mol. The molecular formula is C18H17FN4O3S. The fourth-order valence-electron chi connectivity index (χ4n) is 2.52. The highest BCUT2D eigenvalue weighted by Gasteiger charge is 2.16. The number of carbonyl (C=O) groups is 1. The van der Waals surface area contributed by atoms with Crippen molar-refractivity contribution in [3.05, 3.63) is 77.9 Å². The molecule has 0 spiro atoms. The Kier molecular flexibility index (Phi) is 5.06. The summed E-state index contributed by atoms with van der Waals surface area (Å²) in [7, 11) is -3.77. The summed E-state index contributed by atoms with van der Waals surface area (Å²) in [5, 5.41) is 11.9. The summed E-state index contributed by atoms with van der Waals surface area (Å²) >= 11 is 0. The number of aromatic nitrogens is 2. The lowest BCUT2D eigenvalue weighted by Crippen LogP contribution is -2.27. The van der Waals surface area contributed by atoms with Gasteiger partial charge in [-0.1, -0.05) is 24.3 Å². The van der Waals surface area contributed by atoms with E-state index < -0.39 is 27.8 Å². The third-order valence-corrected chi connectivity index (χ3v) is 4.91. The molecule has 0 aliphatic carbocycles. The molecule has 0 radical (unpaired) electrons. The normalized spacial score (nSPS) is 12.6. The molecule has 0 aliphatic heterocycles. The maximum absolute atomic E-state index is 13.8. The quantitative estimate of drug-likeness (QED) is 0.698. The first kappa shape index (κ1) is 18.7. The number of nitrogens with two attached hydrogens (primary N) is 1. The third kappa shape index (κ3) is 4.21. The van der Waals surface area contributed by atoms with Crippen molar-refractivity contribution in [1.82, 2.24) is 15.1 Å². The Morgan fingerprint density at radius 1 is 1.15 bits per heavy atom. The van der Waals surface area contributed by atoms with E-state index in [2.05, 4.69) is 10.4 Å². The van der Waals surface area contributed by atoms with E-state index in [4.69, 9.17) is 5.14 Å². The van der Waals surface area contributed by atoms with Crippen molar-refractivity contribution in [2.24, 2.45) is 5.14 Å². The SMILES string of the molecule is CC(NC(=O)c1ccn(-c2ccccc2F)n1)c1ccc(S(N)(=O)=O)cc1. The second kappa shape index (κ2) is 7.29. The first-order valence-electron chi connectivity index (χ1n) is 8.00. The highest BCUT2D eigenvalue weighted by molar-refractivity contribution is 7.89. The summed E-state index contributed by atoms with van der Waals surface area (Å²) in [6, 6.07) is 13.1. The number of hydrogen-bond donors (Lipinski definition) is 2. The maximum atomic E-state index is 13.8. The fourth-order valence-corrected chi connectivity index (χ4v) is 3.03. The molecule has 0 aliphatic rings. The van der Waals surface area contributed by atoms with Gasteiger partial charge >= 0.3 is 0 Å². The Labute approximate surface area is 155 Å². The minimum atomic E-state index is -3.77. The van der Waals surface area contributed by atoms with Gasteiger partial charge in [-0.25, -0.2) is 22.6 Å². The van der Waals surface area contributed by atoms with E-state index in [1.807, 2.05) is 0 Å². The highest BCUT2D eigenvalue weighted by Crippen LogP contribution is 2.17. The fraction of sp³-hybridized carbons (Fsp3) is 0.111. The van der Waals surface area contributed by atoms with Crippen LogP contribution in [-0.4, -0.2) is 24.1 Å². The van der Waals surface area contributed by atoms with Crippen LogP contribution >= 0.6 is 0 Å². The molecule has 2 aromatic carbocycles. The van der Waals surface area contributed by atoms with Gasteiger partial charge in [-0.15, -0.1) is 0 Å². The number of hydrogen-bond acceptors (Lipinski definition) is 4. The predicted octanol–water partition coefficient (Wildman–Crippen LogP) is 2.15. The number of nitrogens with one attached hydrogen (secondary N) is 1. The molecule has 0 fully saturated rings. The van der Waals surface area contributed by atoms with Gasteiger partial charge in [0.05, 0.1) is 10.9 Å². The Balaban J connectivity index is 1.73. The summed E-state index contributed by atoms with van der Waals surface area (Å²) in [6.07, 6.45) is 1.50. The lowest BCUT2D eigenvalue weighted by molar-refractivity contribution is 0.0934. The van der Waals surface area contributed by atoms with E-state index in [0.717, 1.165) is 0 Å². The third-order valence-electron chi connectivity index (χ3n) is 3.98. The van der Waals surface area contributed by atoms with Gasteiger partial charge in [0.15, 0.2) is 5.69 Å². The van der Waals surface area contributed by atoms with E-state index in [0.29, 0.717) is 5.56 Å². The van der Waals surface area contributed by atoms with Gasteiger partial charge in [0, 0.05) is 6.20 Å². The monoisotopic (exact) mass is 388 g/mol. The number of sulfonamides is 1. The Bertz CT molecular complexity index is 1080. The molecular weight excluding hydrogens is 371 g/mol. The largest absolute Gasteiger partial charge is 0.344 e. The molecule has 140 valence electrons. The van der Waals surface area contributed by atoms with Crippen molar-refractivity contribution < 1.29 is 17.6 Å². The lowest BCUT2D eigenvalue weighted by atomic mass is 10.1. The van der Waals surface area contributed by atoms with Crippen LogP contribution in [-0.2, 0) is 10.0 Å². The summed E-state index contributed by atoms with van der Waals surface area (Å²) < 4.78 is 37.7. The Hall–Kier alpha value is -3.04. The minimum Gasteiger partial charge on any atom is -0.344 e. The average molecular weight is 388 g/mol. The summed E-state index contributed by atoms with van der Waals surface area (Å²) in [4.78, 5) is 12.4. The van der Waals surface area contributed by atoms with Crippen LogP contribution in [0.2, 0.25) is 0 Å². The first-order chi connectivity index (χ1) is 12.8. The molecule has 1 amide bonds. The van der Waals surface area contributed by atoms with Crippen LogP contribution in [0.3, 0.4) is 0 Å². The van der Waals surface area contributed by atoms with Gasteiger partial charge in [0.2, 0.25) is 10.0 Å². The molecule has 1 heterocycles. The molecule has 3 N–H and O–H groups in total. The molecule has 0 bridgehead atoms. The zero-order valence-electron chi connectivity index (χ0n) is 14.3. The molecule has 27 heavy (non-hydrogen) atoms. The zero-order chi connectivity index (χ0) is 19.6. The van der Waals surface area contributed by atoms with E-state index in [1.165, 1.54) is 35.1 Å². The Morgan fingerprint density at radius 2 is 1.81 bits per heavy atom. The lowest BCUT2D eigenvalue weighted by Gasteiger charge is -2.13. The topological polar surface area (TPSA) is 107 Å². The van der Waals surface area contributed by atoms with E-state index in [-0.39, 0.29) is 16.3 Å². The molecule has 9 heteroatoms. The van der Waals surface area contributed by atoms with Crippen molar-refractivity contribution in [2.75, 3.05) is 0 Å². The average Bonchev–Trinajstić information content (AvgIpc) is 3.11. The van der Waals surface area contributed by atoms with Crippen LogP contribution in [0.25, 0.3) is 5.69 Å². The van der Waals surface area contributed by atoms with Crippen molar-refractivity contribution in [2.45, 2.75) is 17.9 Å². The van der Waals surface area contributed by atoms with Crippen LogP contribution in [0.4, 0.5) is 4.39 Å². The second-order valence-electron chi connectivity index (χ2n) is 5.91. The van der Waals surface area contributed by atoms with E-state index in [1.54, 1.807) is 37.3 Å². The van der Waals surface area contributed by atoms with Crippen LogP contribution in [0.1, 0.15) is 29.0 Å². The van der Waals surface area contributed by atoms with Gasteiger partial charge in [-0.3, -0.25) is 4.79 Å². The smallest absolute Gasteiger partial charge is 0.272 e. The zero-order valence-corrected chi connectivity index (χ0v) is 15.2. The molecule has 1 aromatic heterocycles. The van der Waals surface area contributed by atoms with Gasteiger partial charge < -0.3 is 5.32 Å². The number of para-hydroxylation sites is 1. The number of carbonyl (C=O) groups excluding carboxylic acids is 1. The van der Waals surface area contributed by atoms with Gasteiger partial charge in [-0.2, -0.15) is 5.10 Å².